The number of hydrogen-bond donors (Lipinski definition) is 2. The number of nitrogens with one attached hydrogen (secondary N) is 1. The van der Waals surface area contributed by atoms with E-state index in [0.717, 1.165) is 31.9 Å². The number of rotatable bonds is 2. The Balaban J connectivity index is 0.000000980. The van der Waals surface area contributed by atoms with Gasteiger partial charge >= 0.3 is 0 Å². The van der Waals surface area contributed by atoms with Crippen LogP contribution >= 0.6 is 12.4 Å². The fraction of sp³-hybridized carbons (Fsp3) is 0.625. The third-order valence-electron chi connectivity index (χ3n) is 2.35. The van der Waals surface area contributed by atoms with Crippen LogP contribution in [-0.4, -0.2) is 15.9 Å². The number of halogens is 1. The molecule has 2 rings (SSSR count). The van der Waals surface area contributed by atoms with Crippen molar-refractivity contribution < 1.29 is 0 Å². The maximum Gasteiger partial charge on any atom is 0.292 e. The summed E-state index contributed by atoms with van der Waals surface area (Å²) in [7, 11) is 0. The van der Waals surface area contributed by atoms with E-state index in [0.29, 0.717) is 5.69 Å². The molecular formula is C8H15ClN4O. The minimum atomic E-state index is -0.0616. The summed E-state index contributed by atoms with van der Waals surface area (Å²) in [5.41, 5.74) is 5.97. The minimum absolute atomic E-state index is 0. The Morgan fingerprint density at radius 1 is 1.43 bits per heavy atom. The van der Waals surface area contributed by atoms with Crippen molar-refractivity contribution in [1.82, 2.24) is 9.36 Å². The molecule has 14 heavy (non-hydrogen) atoms. The number of nitrogens with zero attached hydrogens (tertiary/aromatic N) is 2. The lowest BCUT2D eigenvalue weighted by molar-refractivity contribution is 0.599. The van der Waals surface area contributed by atoms with Gasteiger partial charge in [0.25, 0.3) is 5.56 Å². The van der Waals surface area contributed by atoms with Crippen LogP contribution in [-0.2, 0) is 13.1 Å². The van der Waals surface area contributed by atoms with E-state index in [2.05, 4.69) is 5.32 Å². The maximum atomic E-state index is 11.5. The van der Waals surface area contributed by atoms with Gasteiger partial charge in [-0.3, -0.25) is 9.48 Å². The smallest absolute Gasteiger partial charge is 0.292 e. The zero-order valence-corrected chi connectivity index (χ0v) is 8.93. The van der Waals surface area contributed by atoms with E-state index in [1.807, 2.05) is 11.6 Å². The Labute approximate surface area is 88.3 Å². The fourth-order valence-corrected chi connectivity index (χ4v) is 1.79. The van der Waals surface area contributed by atoms with Gasteiger partial charge in [0.05, 0.1) is 0 Å². The highest BCUT2D eigenvalue weighted by molar-refractivity contribution is 5.85. The molecule has 0 spiro atoms. The summed E-state index contributed by atoms with van der Waals surface area (Å²) in [6.45, 7) is 4.44. The molecule has 5 nitrogen and oxygen atoms in total. The van der Waals surface area contributed by atoms with Crippen LogP contribution in [0.15, 0.2) is 4.79 Å². The van der Waals surface area contributed by atoms with Crippen molar-refractivity contribution in [3.05, 3.63) is 10.4 Å². The topological polar surface area (TPSA) is 65.0 Å². The lowest BCUT2D eigenvalue weighted by Crippen LogP contribution is -2.18. The van der Waals surface area contributed by atoms with Crippen LogP contribution in [0, 0.1) is 0 Å². The number of aromatic nitrogens is 2. The van der Waals surface area contributed by atoms with Crippen LogP contribution in [0.4, 0.5) is 11.5 Å². The van der Waals surface area contributed by atoms with Gasteiger partial charge in [-0.2, -0.15) is 0 Å². The molecule has 0 saturated carbocycles. The molecular weight excluding hydrogens is 204 g/mol. The van der Waals surface area contributed by atoms with Gasteiger partial charge in [0.15, 0.2) is 0 Å². The number of anilines is 2. The molecule has 0 radical (unpaired) electrons. The highest BCUT2D eigenvalue weighted by atomic mass is 35.5. The van der Waals surface area contributed by atoms with Crippen molar-refractivity contribution in [3.8, 4) is 0 Å². The zero-order valence-electron chi connectivity index (χ0n) is 8.12. The summed E-state index contributed by atoms with van der Waals surface area (Å²) in [6, 6.07) is 0. The molecule has 1 aliphatic heterocycles. The summed E-state index contributed by atoms with van der Waals surface area (Å²) in [5.74, 6) is 0.782. The predicted octanol–water partition coefficient (Wildman–Crippen LogP) is 0.489. The lowest BCUT2D eigenvalue weighted by Gasteiger charge is -2.06. The second kappa shape index (κ2) is 3.96. The van der Waals surface area contributed by atoms with Crippen LogP contribution in [0.1, 0.15) is 13.3 Å². The SMILES string of the molecule is CCNc1c(N)c(=O)n2n1CCC2.Cl. The summed E-state index contributed by atoms with van der Waals surface area (Å²) in [6.07, 6.45) is 1.02. The Morgan fingerprint density at radius 3 is 2.71 bits per heavy atom. The molecule has 1 aliphatic rings. The Bertz CT molecular complexity index is 381. The first-order valence-electron chi connectivity index (χ1n) is 4.58. The Morgan fingerprint density at radius 2 is 2.07 bits per heavy atom. The van der Waals surface area contributed by atoms with Gasteiger partial charge in [0.1, 0.15) is 11.5 Å². The second-order valence-corrected chi connectivity index (χ2v) is 3.20. The van der Waals surface area contributed by atoms with E-state index < -0.39 is 0 Å². The maximum absolute atomic E-state index is 11.5. The van der Waals surface area contributed by atoms with E-state index in [9.17, 15) is 4.79 Å². The van der Waals surface area contributed by atoms with Gasteiger partial charge in [0.2, 0.25) is 0 Å². The first-order chi connectivity index (χ1) is 6.25. The normalized spacial score (nSPS) is 13.5. The molecule has 0 amide bonds. The predicted molar refractivity (Wildman–Crippen MR) is 59.1 cm³/mol. The Hall–Kier alpha value is -1.10. The number of fused-ring (bicyclic) bond motifs is 1. The summed E-state index contributed by atoms with van der Waals surface area (Å²) in [4.78, 5) is 11.5. The molecule has 1 aromatic rings. The zero-order chi connectivity index (χ0) is 9.42. The molecule has 0 fully saturated rings. The van der Waals surface area contributed by atoms with Gasteiger partial charge in [-0.05, 0) is 13.3 Å². The minimum Gasteiger partial charge on any atom is -0.391 e. The van der Waals surface area contributed by atoms with Gasteiger partial charge in [-0.25, -0.2) is 4.68 Å². The van der Waals surface area contributed by atoms with Gasteiger partial charge < -0.3 is 11.1 Å². The van der Waals surface area contributed by atoms with E-state index in [1.54, 1.807) is 4.68 Å². The van der Waals surface area contributed by atoms with Crippen molar-refractivity contribution in [3.63, 3.8) is 0 Å². The van der Waals surface area contributed by atoms with Gasteiger partial charge in [-0.15, -0.1) is 12.4 Å². The quantitative estimate of drug-likeness (QED) is 0.760. The first kappa shape index (κ1) is 11.0. The number of nitrogens with two attached hydrogens (primary N) is 1. The molecule has 0 saturated heterocycles. The van der Waals surface area contributed by atoms with Crippen molar-refractivity contribution >= 4 is 23.9 Å². The highest BCUT2D eigenvalue weighted by Gasteiger charge is 2.20. The van der Waals surface area contributed by atoms with E-state index in [1.165, 1.54) is 0 Å². The van der Waals surface area contributed by atoms with Gasteiger partial charge in [-0.1, -0.05) is 0 Å². The van der Waals surface area contributed by atoms with Crippen molar-refractivity contribution in [2.45, 2.75) is 26.4 Å². The van der Waals surface area contributed by atoms with Crippen LogP contribution < -0.4 is 16.6 Å². The average Bonchev–Trinajstić information content (AvgIpc) is 2.66. The number of nitrogen functional groups attached to an aromatic ring is 1. The van der Waals surface area contributed by atoms with Crippen LogP contribution in [0.25, 0.3) is 0 Å². The molecule has 2 heterocycles. The van der Waals surface area contributed by atoms with Crippen LogP contribution in [0.3, 0.4) is 0 Å². The Kier molecular flexibility index (Phi) is 3.10. The lowest BCUT2D eigenvalue weighted by atomic mass is 10.4. The third-order valence-corrected chi connectivity index (χ3v) is 2.35. The third kappa shape index (κ3) is 1.37. The molecule has 6 heteroatoms. The summed E-state index contributed by atoms with van der Waals surface area (Å²) < 4.78 is 3.63. The average molecular weight is 219 g/mol. The van der Waals surface area contributed by atoms with Gasteiger partial charge in [0, 0.05) is 19.6 Å². The number of hydrogen-bond acceptors (Lipinski definition) is 3. The fourth-order valence-electron chi connectivity index (χ4n) is 1.79. The van der Waals surface area contributed by atoms with Crippen LogP contribution in [0.2, 0.25) is 0 Å². The molecule has 3 N–H and O–H groups in total. The molecule has 0 aliphatic carbocycles. The molecule has 0 atom stereocenters. The van der Waals surface area contributed by atoms with E-state index in [4.69, 9.17) is 5.73 Å². The van der Waals surface area contributed by atoms with Crippen LogP contribution in [0.5, 0.6) is 0 Å². The van der Waals surface area contributed by atoms with E-state index in [-0.39, 0.29) is 18.0 Å². The standard InChI is InChI=1S/C8H14N4O.ClH/c1-2-10-7-6(9)8(13)12-5-3-4-11(7)12;/h10H,2-5,9H2,1H3;1H. The van der Waals surface area contributed by atoms with Crippen molar-refractivity contribution in [2.24, 2.45) is 0 Å². The summed E-state index contributed by atoms with van der Waals surface area (Å²) >= 11 is 0. The molecule has 0 bridgehead atoms. The largest absolute Gasteiger partial charge is 0.391 e. The van der Waals surface area contributed by atoms with E-state index >= 15 is 0 Å². The monoisotopic (exact) mass is 218 g/mol. The molecule has 1 aromatic heterocycles. The highest BCUT2D eigenvalue weighted by Crippen LogP contribution is 2.19. The molecule has 0 aromatic carbocycles. The second-order valence-electron chi connectivity index (χ2n) is 3.20. The molecule has 0 unspecified atom stereocenters. The van der Waals surface area contributed by atoms with Crippen molar-refractivity contribution in [2.75, 3.05) is 17.6 Å². The molecule has 80 valence electrons. The summed E-state index contributed by atoms with van der Waals surface area (Å²) in [5, 5.41) is 3.11. The van der Waals surface area contributed by atoms with Crippen molar-refractivity contribution in [1.29, 1.82) is 0 Å². The first-order valence-corrected chi connectivity index (χ1v) is 4.58.